The molecule has 2 unspecified atom stereocenters. The molecule has 2 atom stereocenters. The molecule has 2 saturated heterocycles. The first kappa shape index (κ1) is 10.9. The molecule has 0 aromatic carbocycles. The molecule has 4 nitrogen and oxygen atoms in total. The third kappa shape index (κ3) is 1.99. The van der Waals surface area contributed by atoms with Crippen LogP contribution in [0.3, 0.4) is 0 Å². The Morgan fingerprint density at radius 3 is 3.06 bits per heavy atom. The zero-order valence-electron chi connectivity index (χ0n) is 10.0. The molecule has 2 aliphatic heterocycles. The molecule has 0 radical (unpaired) electrons. The van der Waals surface area contributed by atoms with Crippen LogP contribution in [0.25, 0.3) is 0 Å². The van der Waals surface area contributed by atoms with Crippen LogP contribution in [0.5, 0.6) is 0 Å². The van der Waals surface area contributed by atoms with Crippen molar-refractivity contribution in [2.24, 2.45) is 0 Å². The van der Waals surface area contributed by atoms with Crippen molar-refractivity contribution in [3.8, 4) is 0 Å². The van der Waals surface area contributed by atoms with Gasteiger partial charge in [-0.2, -0.15) is 4.39 Å². The zero-order chi connectivity index (χ0) is 11.8. The number of halogens is 1. The molecule has 0 bridgehead atoms. The molecule has 1 aromatic heterocycles. The molecule has 0 saturated carbocycles. The summed E-state index contributed by atoms with van der Waals surface area (Å²) in [6, 6.07) is 2.43. The lowest BCUT2D eigenvalue weighted by molar-refractivity contribution is 0.202. The third-order valence-electron chi connectivity index (χ3n) is 3.85. The molecule has 92 valence electrons. The summed E-state index contributed by atoms with van der Waals surface area (Å²) in [4.78, 5) is 12.4. The first-order chi connectivity index (χ1) is 8.24. The molecule has 0 aliphatic carbocycles. The molecule has 2 aliphatic rings. The van der Waals surface area contributed by atoms with Gasteiger partial charge in [-0.1, -0.05) is 0 Å². The maximum absolute atomic E-state index is 13.1. The van der Waals surface area contributed by atoms with Crippen molar-refractivity contribution in [1.29, 1.82) is 0 Å². The van der Waals surface area contributed by atoms with Gasteiger partial charge < -0.3 is 4.90 Å². The predicted molar refractivity (Wildman–Crippen MR) is 63.4 cm³/mol. The first-order valence-electron chi connectivity index (χ1n) is 6.22. The van der Waals surface area contributed by atoms with E-state index in [9.17, 15) is 4.39 Å². The van der Waals surface area contributed by atoms with Crippen LogP contribution in [0.2, 0.25) is 0 Å². The van der Waals surface area contributed by atoms with Crippen LogP contribution in [0.15, 0.2) is 12.4 Å². The van der Waals surface area contributed by atoms with E-state index < -0.39 is 5.95 Å². The van der Waals surface area contributed by atoms with Crippen molar-refractivity contribution in [3.63, 3.8) is 0 Å². The van der Waals surface area contributed by atoms with Gasteiger partial charge in [-0.3, -0.25) is 4.90 Å². The van der Waals surface area contributed by atoms with Crippen LogP contribution in [-0.2, 0) is 0 Å². The average Bonchev–Trinajstić information content (AvgIpc) is 2.75. The summed E-state index contributed by atoms with van der Waals surface area (Å²) in [7, 11) is 0. The highest BCUT2D eigenvalue weighted by molar-refractivity contribution is 5.39. The Morgan fingerprint density at radius 2 is 2.24 bits per heavy atom. The van der Waals surface area contributed by atoms with Crippen molar-refractivity contribution in [2.45, 2.75) is 31.8 Å². The molecule has 1 aromatic rings. The van der Waals surface area contributed by atoms with E-state index in [0.717, 1.165) is 18.9 Å². The Hall–Kier alpha value is -1.23. The number of hydrogen-bond donors (Lipinski definition) is 0. The summed E-state index contributed by atoms with van der Waals surface area (Å²) in [5.74, 6) is 0.271. The molecule has 5 heteroatoms. The zero-order valence-corrected chi connectivity index (χ0v) is 10.0. The van der Waals surface area contributed by atoms with E-state index >= 15 is 0 Å². The van der Waals surface area contributed by atoms with Crippen LogP contribution in [-0.4, -0.2) is 46.6 Å². The third-order valence-corrected chi connectivity index (χ3v) is 3.85. The van der Waals surface area contributed by atoms with Crippen LogP contribution >= 0.6 is 0 Å². The lowest BCUT2D eigenvalue weighted by Crippen LogP contribution is -2.55. The normalized spacial score (nSPS) is 29.4. The molecular weight excluding hydrogens is 219 g/mol. The number of piperazine rings is 1. The maximum atomic E-state index is 13.1. The van der Waals surface area contributed by atoms with Gasteiger partial charge in [0.15, 0.2) is 0 Å². The summed E-state index contributed by atoms with van der Waals surface area (Å²) in [5, 5.41) is 0. The van der Waals surface area contributed by atoms with Crippen LogP contribution in [0.4, 0.5) is 10.2 Å². The van der Waals surface area contributed by atoms with Gasteiger partial charge in [0.25, 0.3) is 0 Å². The minimum absolute atomic E-state index is 0.388. The first-order valence-corrected chi connectivity index (χ1v) is 6.22. The fourth-order valence-corrected chi connectivity index (χ4v) is 2.99. The van der Waals surface area contributed by atoms with E-state index in [-0.39, 0.29) is 0 Å². The van der Waals surface area contributed by atoms with Gasteiger partial charge >= 0.3 is 0 Å². The standard InChI is InChI=1S/C12H17FN4/c1-9-6-16-4-2-3-10(16)7-17(9)12-5-11(13)14-8-15-12/h5,8-10H,2-4,6-7H2,1H3. The van der Waals surface area contributed by atoms with Crippen molar-refractivity contribution in [1.82, 2.24) is 14.9 Å². The Balaban J connectivity index is 1.83. The van der Waals surface area contributed by atoms with Crippen LogP contribution in [0.1, 0.15) is 19.8 Å². The Bertz CT molecular complexity index is 411. The fraction of sp³-hybridized carbons (Fsp3) is 0.667. The van der Waals surface area contributed by atoms with Crippen molar-refractivity contribution in [3.05, 3.63) is 18.3 Å². The predicted octanol–water partition coefficient (Wildman–Crippen LogP) is 1.29. The minimum Gasteiger partial charge on any atom is -0.351 e. The van der Waals surface area contributed by atoms with Gasteiger partial charge in [0.05, 0.1) is 0 Å². The van der Waals surface area contributed by atoms with Crippen molar-refractivity contribution >= 4 is 5.82 Å². The molecule has 3 rings (SSSR count). The van der Waals surface area contributed by atoms with E-state index in [1.807, 2.05) is 0 Å². The number of fused-ring (bicyclic) bond motifs is 1. The Morgan fingerprint density at radius 1 is 1.35 bits per heavy atom. The van der Waals surface area contributed by atoms with Crippen LogP contribution < -0.4 is 4.90 Å². The molecule has 3 heterocycles. The second-order valence-corrected chi connectivity index (χ2v) is 4.99. The topological polar surface area (TPSA) is 32.3 Å². The second-order valence-electron chi connectivity index (χ2n) is 4.99. The lowest BCUT2D eigenvalue weighted by Gasteiger charge is -2.42. The largest absolute Gasteiger partial charge is 0.351 e. The van der Waals surface area contributed by atoms with E-state index in [0.29, 0.717) is 12.1 Å². The number of aromatic nitrogens is 2. The van der Waals surface area contributed by atoms with E-state index in [2.05, 4.69) is 26.7 Å². The molecule has 0 N–H and O–H groups in total. The van der Waals surface area contributed by atoms with Gasteiger partial charge in [-0.15, -0.1) is 0 Å². The van der Waals surface area contributed by atoms with Gasteiger partial charge in [-0.25, -0.2) is 9.97 Å². The Labute approximate surface area is 100 Å². The summed E-state index contributed by atoms with van der Waals surface area (Å²) < 4.78 is 13.1. The number of anilines is 1. The van der Waals surface area contributed by atoms with E-state index in [1.54, 1.807) is 0 Å². The molecule has 2 fully saturated rings. The smallest absolute Gasteiger partial charge is 0.218 e. The van der Waals surface area contributed by atoms with Gasteiger partial charge in [0.2, 0.25) is 5.95 Å². The molecule has 0 spiro atoms. The van der Waals surface area contributed by atoms with Gasteiger partial charge in [0, 0.05) is 31.2 Å². The number of hydrogen-bond acceptors (Lipinski definition) is 4. The highest BCUT2D eigenvalue weighted by Gasteiger charge is 2.34. The van der Waals surface area contributed by atoms with Crippen molar-refractivity contribution in [2.75, 3.05) is 24.5 Å². The highest BCUT2D eigenvalue weighted by Crippen LogP contribution is 2.27. The Kier molecular flexibility index (Phi) is 2.70. The van der Waals surface area contributed by atoms with E-state index in [1.165, 1.54) is 31.8 Å². The van der Waals surface area contributed by atoms with E-state index in [4.69, 9.17) is 0 Å². The molecular formula is C12H17FN4. The fourth-order valence-electron chi connectivity index (χ4n) is 2.99. The monoisotopic (exact) mass is 236 g/mol. The summed E-state index contributed by atoms with van der Waals surface area (Å²) in [6.45, 7) is 5.39. The number of nitrogens with zero attached hydrogens (tertiary/aromatic N) is 4. The lowest BCUT2D eigenvalue weighted by atomic mass is 10.1. The van der Waals surface area contributed by atoms with Gasteiger partial charge in [0.1, 0.15) is 12.1 Å². The second kappa shape index (κ2) is 4.22. The summed E-state index contributed by atoms with van der Waals surface area (Å²) in [5.41, 5.74) is 0. The molecule has 17 heavy (non-hydrogen) atoms. The van der Waals surface area contributed by atoms with Crippen molar-refractivity contribution < 1.29 is 4.39 Å². The SMILES string of the molecule is CC1CN2CCCC2CN1c1cc(F)ncn1. The quantitative estimate of drug-likeness (QED) is 0.688. The number of rotatable bonds is 1. The van der Waals surface area contributed by atoms with Gasteiger partial charge in [-0.05, 0) is 26.3 Å². The maximum Gasteiger partial charge on any atom is 0.218 e. The minimum atomic E-state index is -0.448. The summed E-state index contributed by atoms with van der Waals surface area (Å²) >= 11 is 0. The highest BCUT2D eigenvalue weighted by atomic mass is 19.1. The molecule has 0 amide bonds. The van der Waals surface area contributed by atoms with Crippen LogP contribution in [0, 0.1) is 5.95 Å². The average molecular weight is 236 g/mol. The summed E-state index contributed by atoms with van der Waals surface area (Å²) in [6.07, 6.45) is 3.83.